The van der Waals surface area contributed by atoms with Crippen LogP contribution in [0, 0.1) is 23.7 Å². The summed E-state index contributed by atoms with van der Waals surface area (Å²) in [6.07, 6.45) is 10.9. The molecule has 1 saturated carbocycles. The van der Waals surface area contributed by atoms with Crippen LogP contribution < -0.4 is 10.6 Å². The molecule has 34 heavy (non-hydrogen) atoms. The van der Waals surface area contributed by atoms with Gasteiger partial charge < -0.3 is 15.5 Å². The quantitative estimate of drug-likeness (QED) is 0.589. The Morgan fingerprint density at radius 3 is 2.41 bits per heavy atom. The normalized spacial score (nSPS) is 28.7. The predicted octanol–water partition coefficient (Wildman–Crippen LogP) is 4.56. The summed E-state index contributed by atoms with van der Waals surface area (Å²) < 4.78 is 0. The molecule has 2 heterocycles. The maximum Gasteiger partial charge on any atom is 0.242 e. The molecule has 188 valence electrons. The van der Waals surface area contributed by atoms with E-state index in [2.05, 4.69) is 29.4 Å². The van der Waals surface area contributed by atoms with Gasteiger partial charge in [0.1, 0.15) is 6.04 Å². The highest BCUT2D eigenvalue weighted by molar-refractivity contribution is 5.88. The van der Waals surface area contributed by atoms with E-state index in [1.165, 1.54) is 45.2 Å². The summed E-state index contributed by atoms with van der Waals surface area (Å²) in [5.74, 6) is 2.01. The monoisotopic (exact) mass is 467 g/mol. The SMILES string of the molecule is CC(C)C1CCC(C(=O)N[C@H](Cc2ccccc2)C(=O)NC[C@@H]2CCCN3CCCC[C@H]23)CC1. The lowest BCUT2D eigenvalue weighted by Crippen LogP contribution is -2.54. The molecule has 1 aromatic carbocycles. The van der Waals surface area contributed by atoms with Crippen molar-refractivity contribution in [3.8, 4) is 0 Å². The third-order valence-corrected chi connectivity index (χ3v) is 8.77. The van der Waals surface area contributed by atoms with Crippen molar-refractivity contribution in [1.82, 2.24) is 15.5 Å². The summed E-state index contributed by atoms with van der Waals surface area (Å²) in [5.41, 5.74) is 1.09. The number of benzene rings is 1. The predicted molar refractivity (Wildman–Crippen MR) is 137 cm³/mol. The summed E-state index contributed by atoms with van der Waals surface area (Å²) in [5, 5.41) is 6.42. The molecule has 0 radical (unpaired) electrons. The highest BCUT2D eigenvalue weighted by Crippen LogP contribution is 2.33. The number of nitrogens with one attached hydrogen (secondary N) is 2. The number of carbonyl (C=O) groups is 2. The van der Waals surface area contributed by atoms with Gasteiger partial charge in [-0.3, -0.25) is 9.59 Å². The Labute approximate surface area is 206 Å². The molecule has 0 unspecified atom stereocenters. The maximum absolute atomic E-state index is 13.4. The Balaban J connectivity index is 1.36. The fourth-order valence-electron chi connectivity index (χ4n) is 6.57. The molecule has 1 aliphatic carbocycles. The van der Waals surface area contributed by atoms with Crippen LogP contribution in [0.25, 0.3) is 0 Å². The lowest BCUT2D eigenvalue weighted by Gasteiger charge is -2.44. The fourth-order valence-corrected chi connectivity index (χ4v) is 6.57. The second kappa shape index (κ2) is 12.2. The van der Waals surface area contributed by atoms with Crippen LogP contribution in [0.2, 0.25) is 0 Å². The summed E-state index contributed by atoms with van der Waals surface area (Å²) >= 11 is 0. The van der Waals surface area contributed by atoms with Crippen LogP contribution >= 0.6 is 0 Å². The van der Waals surface area contributed by atoms with Crippen LogP contribution in [-0.2, 0) is 16.0 Å². The molecule has 4 rings (SSSR count). The van der Waals surface area contributed by atoms with Crippen molar-refractivity contribution in [3.63, 3.8) is 0 Å². The molecule has 2 N–H and O–H groups in total. The first-order valence-electron chi connectivity index (χ1n) is 13.9. The van der Waals surface area contributed by atoms with Gasteiger partial charge in [-0.25, -0.2) is 0 Å². The van der Waals surface area contributed by atoms with E-state index in [0.29, 0.717) is 24.3 Å². The zero-order chi connectivity index (χ0) is 23.9. The van der Waals surface area contributed by atoms with Crippen molar-refractivity contribution < 1.29 is 9.59 Å². The standard InChI is InChI=1S/C29H45N3O2/c1-21(2)23-13-15-24(16-14-23)28(33)31-26(19-22-9-4-3-5-10-22)29(34)30-20-25-11-8-18-32-17-7-6-12-27(25)32/h3-5,9-10,21,23-27H,6-8,11-20H2,1-2H3,(H,30,34)(H,31,33)/t23?,24?,25-,26+,27+/m0/s1. The van der Waals surface area contributed by atoms with Gasteiger partial charge in [0, 0.05) is 24.9 Å². The number of nitrogens with zero attached hydrogens (tertiary/aromatic N) is 1. The Kier molecular flexibility index (Phi) is 9.04. The molecular weight excluding hydrogens is 422 g/mol. The van der Waals surface area contributed by atoms with Crippen molar-refractivity contribution in [2.24, 2.45) is 23.7 Å². The molecule has 2 saturated heterocycles. The van der Waals surface area contributed by atoms with Gasteiger partial charge in [0.2, 0.25) is 11.8 Å². The number of hydrogen-bond acceptors (Lipinski definition) is 3. The number of piperidine rings is 2. The zero-order valence-corrected chi connectivity index (χ0v) is 21.3. The Morgan fingerprint density at radius 2 is 1.68 bits per heavy atom. The average molecular weight is 468 g/mol. The molecule has 0 spiro atoms. The molecule has 3 fully saturated rings. The number of carbonyl (C=O) groups excluding carboxylic acids is 2. The fraction of sp³-hybridized carbons (Fsp3) is 0.724. The van der Waals surface area contributed by atoms with E-state index in [1.54, 1.807) is 0 Å². The van der Waals surface area contributed by atoms with Gasteiger partial charge in [0.15, 0.2) is 0 Å². The van der Waals surface area contributed by atoms with Crippen LogP contribution in [0.3, 0.4) is 0 Å². The molecular formula is C29H45N3O2. The van der Waals surface area contributed by atoms with Crippen LogP contribution in [-0.4, -0.2) is 48.4 Å². The van der Waals surface area contributed by atoms with Crippen LogP contribution in [0.5, 0.6) is 0 Å². The third-order valence-electron chi connectivity index (χ3n) is 8.77. The molecule has 0 bridgehead atoms. The Hall–Kier alpha value is -1.88. The van der Waals surface area contributed by atoms with Gasteiger partial charge >= 0.3 is 0 Å². The summed E-state index contributed by atoms with van der Waals surface area (Å²) in [6, 6.07) is 10.2. The smallest absolute Gasteiger partial charge is 0.242 e. The van der Waals surface area contributed by atoms with E-state index in [-0.39, 0.29) is 17.7 Å². The minimum absolute atomic E-state index is 0.0268. The van der Waals surface area contributed by atoms with E-state index < -0.39 is 6.04 Å². The van der Waals surface area contributed by atoms with Gasteiger partial charge in [-0.15, -0.1) is 0 Å². The van der Waals surface area contributed by atoms with E-state index in [1.807, 2.05) is 30.3 Å². The van der Waals surface area contributed by atoms with Gasteiger partial charge in [0.25, 0.3) is 0 Å². The molecule has 3 atom stereocenters. The lowest BCUT2D eigenvalue weighted by molar-refractivity contribution is -0.132. The second-order valence-corrected chi connectivity index (χ2v) is 11.4. The molecule has 2 amide bonds. The van der Waals surface area contributed by atoms with Crippen LogP contribution in [0.1, 0.15) is 77.2 Å². The highest BCUT2D eigenvalue weighted by atomic mass is 16.2. The highest BCUT2D eigenvalue weighted by Gasteiger charge is 2.34. The molecule has 2 aliphatic heterocycles. The first kappa shape index (κ1) is 25.2. The first-order valence-corrected chi connectivity index (χ1v) is 13.9. The van der Waals surface area contributed by atoms with Crippen molar-refractivity contribution in [3.05, 3.63) is 35.9 Å². The summed E-state index contributed by atoms with van der Waals surface area (Å²) in [7, 11) is 0. The summed E-state index contributed by atoms with van der Waals surface area (Å²) in [6.45, 7) is 7.71. The van der Waals surface area contributed by atoms with Crippen molar-refractivity contribution in [2.75, 3.05) is 19.6 Å². The van der Waals surface area contributed by atoms with Crippen LogP contribution in [0.4, 0.5) is 0 Å². The van der Waals surface area contributed by atoms with Crippen molar-refractivity contribution in [2.45, 2.75) is 90.1 Å². The minimum atomic E-state index is -0.510. The number of amides is 2. The third kappa shape index (κ3) is 6.62. The number of rotatable bonds is 8. The van der Waals surface area contributed by atoms with E-state index in [9.17, 15) is 9.59 Å². The van der Waals surface area contributed by atoms with E-state index in [0.717, 1.165) is 43.7 Å². The van der Waals surface area contributed by atoms with Crippen molar-refractivity contribution in [1.29, 1.82) is 0 Å². The van der Waals surface area contributed by atoms with Gasteiger partial charge in [-0.1, -0.05) is 50.6 Å². The van der Waals surface area contributed by atoms with Gasteiger partial charge in [0.05, 0.1) is 0 Å². The largest absolute Gasteiger partial charge is 0.354 e. The molecule has 0 aromatic heterocycles. The topological polar surface area (TPSA) is 61.4 Å². The molecule has 5 heteroatoms. The van der Waals surface area contributed by atoms with Gasteiger partial charge in [-0.2, -0.15) is 0 Å². The summed E-state index contributed by atoms with van der Waals surface area (Å²) in [4.78, 5) is 29.2. The van der Waals surface area contributed by atoms with Gasteiger partial charge in [-0.05, 0) is 87.8 Å². The first-order chi connectivity index (χ1) is 16.5. The van der Waals surface area contributed by atoms with E-state index >= 15 is 0 Å². The lowest BCUT2D eigenvalue weighted by atomic mass is 9.76. The number of fused-ring (bicyclic) bond motifs is 1. The van der Waals surface area contributed by atoms with Crippen molar-refractivity contribution >= 4 is 11.8 Å². The maximum atomic E-state index is 13.4. The Bertz CT molecular complexity index is 786. The molecule has 5 nitrogen and oxygen atoms in total. The van der Waals surface area contributed by atoms with E-state index in [4.69, 9.17) is 0 Å². The molecule has 3 aliphatic rings. The number of hydrogen-bond donors (Lipinski definition) is 2. The average Bonchev–Trinajstić information content (AvgIpc) is 2.87. The zero-order valence-electron chi connectivity index (χ0n) is 21.3. The Morgan fingerprint density at radius 1 is 0.941 bits per heavy atom. The minimum Gasteiger partial charge on any atom is -0.354 e. The second-order valence-electron chi connectivity index (χ2n) is 11.4. The molecule has 1 aromatic rings. The van der Waals surface area contributed by atoms with Crippen LogP contribution in [0.15, 0.2) is 30.3 Å².